The van der Waals surface area contributed by atoms with Crippen molar-refractivity contribution in [1.29, 1.82) is 5.41 Å². The Balaban J connectivity index is 2.34. The first-order valence-electron chi connectivity index (χ1n) is 6.87. The molecule has 0 bridgehead atoms. The topological polar surface area (TPSA) is 53.1 Å². The van der Waals surface area contributed by atoms with Crippen molar-refractivity contribution in [2.75, 3.05) is 13.6 Å². The van der Waals surface area contributed by atoms with E-state index in [0.717, 1.165) is 24.9 Å². The van der Waals surface area contributed by atoms with Gasteiger partial charge in [0.15, 0.2) is 0 Å². The summed E-state index contributed by atoms with van der Waals surface area (Å²) in [4.78, 5) is 2.47. The maximum absolute atomic E-state index is 7.57. The monoisotopic (exact) mass is 239 g/mol. The van der Waals surface area contributed by atoms with E-state index in [-0.39, 0.29) is 5.41 Å². The molecule has 0 aromatic carbocycles. The molecule has 100 valence electrons. The predicted octanol–water partition coefficient (Wildman–Crippen LogP) is 2.85. The van der Waals surface area contributed by atoms with E-state index in [4.69, 9.17) is 11.1 Å². The van der Waals surface area contributed by atoms with Crippen LogP contribution in [0, 0.1) is 16.7 Å². The number of hydrogen-bond donors (Lipinski definition) is 2. The van der Waals surface area contributed by atoms with Gasteiger partial charge in [-0.15, -0.1) is 0 Å². The molecule has 0 saturated heterocycles. The highest BCUT2D eigenvalue weighted by atomic mass is 15.1. The van der Waals surface area contributed by atoms with E-state index in [1.54, 1.807) is 0 Å². The van der Waals surface area contributed by atoms with Gasteiger partial charge in [-0.1, -0.05) is 20.8 Å². The molecule has 1 aliphatic carbocycles. The van der Waals surface area contributed by atoms with E-state index in [1.807, 2.05) is 0 Å². The van der Waals surface area contributed by atoms with Gasteiger partial charge in [0.1, 0.15) is 0 Å². The van der Waals surface area contributed by atoms with Crippen LogP contribution in [0.1, 0.15) is 52.9 Å². The van der Waals surface area contributed by atoms with Crippen molar-refractivity contribution in [2.24, 2.45) is 17.1 Å². The normalized spacial score (nSPS) is 26.2. The standard InChI is InChI=1S/C14H29N3/c1-11-5-7-12(8-6-11)17(4)10-9-14(2,3)13(15)16/h11-12H,5-10H2,1-4H3,(H3,15,16). The second kappa shape index (κ2) is 5.85. The smallest absolute Gasteiger partial charge is 0.0963 e. The van der Waals surface area contributed by atoms with Crippen LogP contribution in [0.15, 0.2) is 0 Å². The van der Waals surface area contributed by atoms with E-state index in [2.05, 4.69) is 32.7 Å². The average Bonchev–Trinajstić information content (AvgIpc) is 2.27. The third-order valence-electron chi connectivity index (χ3n) is 4.43. The largest absolute Gasteiger partial charge is 0.387 e. The molecule has 0 aromatic heterocycles. The zero-order valence-corrected chi connectivity index (χ0v) is 11.9. The lowest BCUT2D eigenvalue weighted by Crippen LogP contribution is -2.39. The molecule has 0 aromatic rings. The molecule has 3 N–H and O–H groups in total. The molecule has 1 fully saturated rings. The first kappa shape index (κ1) is 14.5. The van der Waals surface area contributed by atoms with E-state index in [1.165, 1.54) is 25.7 Å². The average molecular weight is 239 g/mol. The fourth-order valence-electron chi connectivity index (χ4n) is 2.46. The molecule has 0 spiro atoms. The third-order valence-corrected chi connectivity index (χ3v) is 4.43. The van der Waals surface area contributed by atoms with Gasteiger partial charge in [-0.3, -0.25) is 5.41 Å². The van der Waals surface area contributed by atoms with E-state index in [9.17, 15) is 0 Å². The number of hydrogen-bond acceptors (Lipinski definition) is 2. The zero-order valence-electron chi connectivity index (χ0n) is 11.9. The van der Waals surface area contributed by atoms with Crippen LogP contribution >= 0.6 is 0 Å². The van der Waals surface area contributed by atoms with E-state index in [0.29, 0.717) is 5.84 Å². The Bertz CT molecular complexity index is 252. The number of nitrogens with zero attached hydrogens (tertiary/aromatic N) is 1. The maximum Gasteiger partial charge on any atom is 0.0963 e. The number of nitrogens with one attached hydrogen (secondary N) is 1. The number of rotatable bonds is 5. The maximum atomic E-state index is 7.57. The van der Waals surface area contributed by atoms with Crippen molar-refractivity contribution >= 4 is 5.84 Å². The molecule has 0 heterocycles. The van der Waals surface area contributed by atoms with E-state index >= 15 is 0 Å². The lowest BCUT2D eigenvalue weighted by Gasteiger charge is -2.35. The van der Waals surface area contributed by atoms with Crippen molar-refractivity contribution in [2.45, 2.75) is 58.9 Å². The summed E-state index contributed by atoms with van der Waals surface area (Å²) in [5.41, 5.74) is 5.46. The van der Waals surface area contributed by atoms with E-state index < -0.39 is 0 Å². The highest BCUT2D eigenvalue weighted by molar-refractivity contribution is 5.82. The van der Waals surface area contributed by atoms with Crippen LogP contribution in [-0.2, 0) is 0 Å². The molecular formula is C14H29N3. The predicted molar refractivity (Wildman–Crippen MR) is 74.4 cm³/mol. The lowest BCUT2D eigenvalue weighted by molar-refractivity contribution is 0.159. The molecule has 0 radical (unpaired) electrons. The van der Waals surface area contributed by atoms with Gasteiger partial charge >= 0.3 is 0 Å². The minimum absolute atomic E-state index is 0.157. The first-order valence-corrected chi connectivity index (χ1v) is 6.87. The van der Waals surface area contributed by atoms with Crippen molar-refractivity contribution in [1.82, 2.24) is 4.90 Å². The Hall–Kier alpha value is -0.570. The lowest BCUT2D eigenvalue weighted by atomic mass is 9.85. The van der Waals surface area contributed by atoms with Gasteiger partial charge in [-0.25, -0.2) is 0 Å². The van der Waals surface area contributed by atoms with Crippen molar-refractivity contribution in [3.63, 3.8) is 0 Å². The molecule has 0 aliphatic heterocycles. The van der Waals surface area contributed by atoms with Crippen LogP contribution < -0.4 is 5.73 Å². The molecule has 1 aliphatic rings. The fraction of sp³-hybridized carbons (Fsp3) is 0.929. The van der Waals surface area contributed by atoms with Crippen LogP contribution in [-0.4, -0.2) is 30.4 Å². The second-order valence-electron chi connectivity index (χ2n) is 6.44. The van der Waals surface area contributed by atoms with Crippen LogP contribution in [0.4, 0.5) is 0 Å². The minimum Gasteiger partial charge on any atom is -0.387 e. The highest BCUT2D eigenvalue weighted by Crippen LogP contribution is 2.27. The summed E-state index contributed by atoms with van der Waals surface area (Å²) in [6, 6.07) is 0.744. The Labute approximate surface area is 106 Å². The summed E-state index contributed by atoms with van der Waals surface area (Å²) in [5, 5.41) is 7.57. The Kier molecular flexibility index (Phi) is 4.99. The minimum atomic E-state index is -0.157. The summed E-state index contributed by atoms with van der Waals surface area (Å²) in [6.07, 6.45) is 6.37. The molecule has 1 saturated carbocycles. The molecule has 1 rings (SSSR count). The summed E-state index contributed by atoms with van der Waals surface area (Å²) in [5.74, 6) is 1.22. The van der Waals surface area contributed by atoms with Crippen LogP contribution in [0.2, 0.25) is 0 Å². The van der Waals surface area contributed by atoms with Gasteiger partial charge in [0.2, 0.25) is 0 Å². The Morgan fingerprint density at radius 1 is 1.29 bits per heavy atom. The molecule has 3 heteroatoms. The molecule has 3 nitrogen and oxygen atoms in total. The third kappa shape index (κ3) is 4.30. The number of nitrogens with two attached hydrogens (primary N) is 1. The van der Waals surface area contributed by atoms with Crippen molar-refractivity contribution in [3.05, 3.63) is 0 Å². The fourth-order valence-corrected chi connectivity index (χ4v) is 2.46. The van der Waals surface area contributed by atoms with Crippen molar-refractivity contribution < 1.29 is 0 Å². The van der Waals surface area contributed by atoms with Crippen LogP contribution in [0.25, 0.3) is 0 Å². The second-order valence-corrected chi connectivity index (χ2v) is 6.44. The van der Waals surface area contributed by atoms with Crippen LogP contribution in [0.5, 0.6) is 0 Å². The molecule has 0 unspecified atom stereocenters. The van der Waals surface area contributed by atoms with Gasteiger partial charge < -0.3 is 10.6 Å². The quantitative estimate of drug-likeness (QED) is 0.572. The van der Waals surface area contributed by atoms with Gasteiger partial charge in [0.05, 0.1) is 5.84 Å². The van der Waals surface area contributed by atoms with Gasteiger partial charge in [0.25, 0.3) is 0 Å². The Morgan fingerprint density at radius 3 is 2.29 bits per heavy atom. The highest BCUT2D eigenvalue weighted by Gasteiger charge is 2.25. The number of amidine groups is 1. The first-order chi connectivity index (χ1) is 7.83. The Morgan fingerprint density at radius 2 is 1.82 bits per heavy atom. The van der Waals surface area contributed by atoms with Crippen LogP contribution in [0.3, 0.4) is 0 Å². The van der Waals surface area contributed by atoms with Gasteiger partial charge in [-0.05, 0) is 51.6 Å². The van der Waals surface area contributed by atoms with Gasteiger partial charge in [0, 0.05) is 11.5 Å². The van der Waals surface area contributed by atoms with Crippen molar-refractivity contribution in [3.8, 4) is 0 Å². The molecule has 0 atom stereocenters. The summed E-state index contributed by atoms with van der Waals surface area (Å²) in [6.45, 7) is 7.53. The SMILES string of the molecule is CC1CCC(N(C)CCC(C)(C)C(=N)N)CC1. The molecule has 17 heavy (non-hydrogen) atoms. The summed E-state index contributed by atoms with van der Waals surface area (Å²) < 4.78 is 0. The molecule has 0 amide bonds. The summed E-state index contributed by atoms with van der Waals surface area (Å²) >= 11 is 0. The molecular weight excluding hydrogens is 210 g/mol. The summed E-state index contributed by atoms with van der Waals surface area (Å²) in [7, 11) is 2.22. The zero-order chi connectivity index (χ0) is 13.1. The van der Waals surface area contributed by atoms with Gasteiger partial charge in [-0.2, -0.15) is 0 Å².